The molecule has 0 saturated carbocycles. The molecule has 1 heterocycles. The number of carbonyl (C=O) groups is 1. The SMILES string of the molecule is CNc1cccc(C(=O)NCC(C)O)n1. The number of amides is 1. The number of aliphatic hydroxyl groups is 1. The molecular weight excluding hydrogens is 194 g/mol. The first-order valence-electron chi connectivity index (χ1n) is 4.74. The zero-order valence-corrected chi connectivity index (χ0v) is 8.82. The van der Waals surface area contributed by atoms with Crippen molar-refractivity contribution in [1.29, 1.82) is 0 Å². The first kappa shape index (κ1) is 11.5. The molecule has 82 valence electrons. The molecule has 1 rings (SSSR count). The molecule has 0 bridgehead atoms. The fourth-order valence-corrected chi connectivity index (χ4v) is 1.03. The minimum atomic E-state index is -0.554. The van der Waals surface area contributed by atoms with Crippen LogP contribution in [0.15, 0.2) is 18.2 Å². The largest absolute Gasteiger partial charge is 0.392 e. The Balaban J connectivity index is 2.65. The molecule has 0 spiro atoms. The van der Waals surface area contributed by atoms with Gasteiger partial charge in [-0.15, -0.1) is 0 Å². The summed E-state index contributed by atoms with van der Waals surface area (Å²) in [7, 11) is 1.74. The number of aliphatic hydroxyl groups excluding tert-OH is 1. The van der Waals surface area contributed by atoms with Gasteiger partial charge in [-0.2, -0.15) is 0 Å². The van der Waals surface area contributed by atoms with Crippen LogP contribution in [-0.4, -0.2) is 35.7 Å². The fraction of sp³-hybridized carbons (Fsp3) is 0.400. The summed E-state index contributed by atoms with van der Waals surface area (Å²) in [6.45, 7) is 1.84. The zero-order chi connectivity index (χ0) is 11.3. The summed E-state index contributed by atoms with van der Waals surface area (Å²) in [6, 6.07) is 5.14. The number of rotatable bonds is 4. The molecule has 1 unspecified atom stereocenters. The van der Waals surface area contributed by atoms with Crippen molar-refractivity contribution in [3.63, 3.8) is 0 Å². The summed E-state index contributed by atoms with van der Waals surface area (Å²) in [5, 5.41) is 14.4. The summed E-state index contributed by atoms with van der Waals surface area (Å²) >= 11 is 0. The minimum Gasteiger partial charge on any atom is -0.392 e. The summed E-state index contributed by atoms with van der Waals surface area (Å²) in [5.41, 5.74) is 0.336. The van der Waals surface area contributed by atoms with Gasteiger partial charge in [0.05, 0.1) is 6.10 Å². The second-order valence-corrected chi connectivity index (χ2v) is 3.22. The number of anilines is 1. The molecule has 5 nitrogen and oxygen atoms in total. The first-order chi connectivity index (χ1) is 7.13. The van der Waals surface area contributed by atoms with Crippen LogP contribution >= 0.6 is 0 Å². The van der Waals surface area contributed by atoms with E-state index in [-0.39, 0.29) is 12.5 Å². The number of hydrogen-bond donors (Lipinski definition) is 3. The van der Waals surface area contributed by atoms with Crippen LogP contribution in [0.4, 0.5) is 5.82 Å². The van der Waals surface area contributed by atoms with Gasteiger partial charge in [0.1, 0.15) is 11.5 Å². The lowest BCUT2D eigenvalue weighted by Crippen LogP contribution is -2.31. The van der Waals surface area contributed by atoms with Crippen LogP contribution in [0, 0.1) is 0 Å². The number of hydrogen-bond acceptors (Lipinski definition) is 4. The molecule has 1 amide bonds. The predicted octanol–water partition coefficient (Wildman–Crippen LogP) is 0.234. The van der Waals surface area contributed by atoms with E-state index < -0.39 is 6.10 Å². The highest BCUT2D eigenvalue weighted by Gasteiger charge is 2.07. The maximum atomic E-state index is 11.5. The molecule has 1 atom stereocenters. The molecule has 15 heavy (non-hydrogen) atoms. The summed E-state index contributed by atoms with van der Waals surface area (Å²) < 4.78 is 0. The van der Waals surface area contributed by atoms with Crippen molar-refractivity contribution in [3.8, 4) is 0 Å². The van der Waals surface area contributed by atoms with E-state index in [9.17, 15) is 4.79 Å². The monoisotopic (exact) mass is 209 g/mol. The van der Waals surface area contributed by atoms with Crippen LogP contribution in [0.5, 0.6) is 0 Å². The van der Waals surface area contributed by atoms with E-state index in [0.717, 1.165) is 0 Å². The first-order valence-corrected chi connectivity index (χ1v) is 4.74. The number of nitrogens with one attached hydrogen (secondary N) is 2. The van der Waals surface area contributed by atoms with Crippen LogP contribution in [0.3, 0.4) is 0 Å². The third-order valence-corrected chi connectivity index (χ3v) is 1.80. The van der Waals surface area contributed by atoms with Gasteiger partial charge in [0.15, 0.2) is 0 Å². The molecule has 0 radical (unpaired) electrons. The maximum Gasteiger partial charge on any atom is 0.270 e. The van der Waals surface area contributed by atoms with E-state index in [4.69, 9.17) is 5.11 Å². The van der Waals surface area contributed by atoms with Crippen molar-refractivity contribution in [2.45, 2.75) is 13.0 Å². The number of nitrogens with zero attached hydrogens (tertiary/aromatic N) is 1. The smallest absolute Gasteiger partial charge is 0.270 e. The van der Waals surface area contributed by atoms with Crippen LogP contribution < -0.4 is 10.6 Å². The van der Waals surface area contributed by atoms with Gasteiger partial charge in [-0.3, -0.25) is 4.79 Å². The predicted molar refractivity (Wildman–Crippen MR) is 57.8 cm³/mol. The average Bonchev–Trinajstić information content (AvgIpc) is 2.26. The third kappa shape index (κ3) is 3.55. The van der Waals surface area contributed by atoms with Gasteiger partial charge >= 0.3 is 0 Å². The number of pyridine rings is 1. The molecule has 5 heteroatoms. The van der Waals surface area contributed by atoms with Crippen LogP contribution in [0.1, 0.15) is 17.4 Å². The molecule has 0 aliphatic heterocycles. The van der Waals surface area contributed by atoms with Crippen molar-refractivity contribution in [2.24, 2.45) is 0 Å². The van der Waals surface area contributed by atoms with Gasteiger partial charge in [-0.1, -0.05) is 6.07 Å². The van der Waals surface area contributed by atoms with E-state index in [2.05, 4.69) is 15.6 Å². The van der Waals surface area contributed by atoms with Gasteiger partial charge in [0, 0.05) is 13.6 Å². The Morgan fingerprint density at radius 1 is 1.60 bits per heavy atom. The number of carbonyl (C=O) groups excluding carboxylic acids is 1. The van der Waals surface area contributed by atoms with Crippen molar-refractivity contribution >= 4 is 11.7 Å². The van der Waals surface area contributed by atoms with Crippen molar-refractivity contribution < 1.29 is 9.90 Å². The fourth-order valence-electron chi connectivity index (χ4n) is 1.03. The minimum absolute atomic E-state index is 0.226. The molecule has 0 aliphatic rings. The molecule has 0 saturated heterocycles. The van der Waals surface area contributed by atoms with E-state index in [0.29, 0.717) is 11.5 Å². The van der Waals surface area contributed by atoms with Gasteiger partial charge in [-0.25, -0.2) is 4.98 Å². The Bertz CT molecular complexity index is 339. The standard InChI is InChI=1S/C10H15N3O2/c1-7(14)6-12-10(15)8-4-3-5-9(11-2)13-8/h3-5,7,14H,6H2,1-2H3,(H,11,13)(H,12,15). The molecule has 0 aliphatic carbocycles. The van der Waals surface area contributed by atoms with Crippen molar-refractivity contribution in [3.05, 3.63) is 23.9 Å². The van der Waals surface area contributed by atoms with Crippen molar-refractivity contribution in [1.82, 2.24) is 10.3 Å². The van der Waals surface area contributed by atoms with E-state index in [1.54, 1.807) is 32.2 Å². The van der Waals surface area contributed by atoms with Gasteiger partial charge in [0.2, 0.25) is 0 Å². The second-order valence-electron chi connectivity index (χ2n) is 3.22. The average molecular weight is 209 g/mol. The Labute approximate surface area is 88.5 Å². The van der Waals surface area contributed by atoms with E-state index in [1.165, 1.54) is 0 Å². The highest BCUT2D eigenvalue weighted by Crippen LogP contribution is 2.03. The highest BCUT2D eigenvalue weighted by molar-refractivity contribution is 5.92. The molecule has 1 aromatic heterocycles. The third-order valence-electron chi connectivity index (χ3n) is 1.80. The van der Waals surface area contributed by atoms with Gasteiger partial charge in [0.25, 0.3) is 5.91 Å². The zero-order valence-electron chi connectivity index (χ0n) is 8.82. The van der Waals surface area contributed by atoms with Gasteiger partial charge < -0.3 is 15.7 Å². The molecular formula is C10H15N3O2. The number of aromatic nitrogens is 1. The Kier molecular flexibility index (Phi) is 4.05. The molecule has 3 N–H and O–H groups in total. The normalized spacial score (nSPS) is 11.9. The Morgan fingerprint density at radius 2 is 2.33 bits per heavy atom. The lowest BCUT2D eigenvalue weighted by atomic mass is 10.3. The highest BCUT2D eigenvalue weighted by atomic mass is 16.3. The second kappa shape index (κ2) is 5.31. The van der Waals surface area contributed by atoms with E-state index in [1.807, 2.05) is 0 Å². The molecule has 1 aromatic rings. The van der Waals surface area contributed by atoms with Crippen LogP contribution in [0.2, 0.25) is 0 Å². The Hall–Kier alpha value is -1.62. The lowest BCUT2D eigenvalue weighted by molar-refractivity contribution is 0.0919. The van der Waals surface area contributed by atoms with Crippen LogP contribution in [-0.2, 0) is 0 Å². The quantitative estimate of drug-likeness (QED) is 0.663. The van der Waals surface area contributed by atoms with E-state index >= 15 is 0 Å². The molecule has 0 fully saturated rings. The Morgan fingerprint density at radius 3 is 2.93 bits per heavy atom. The maximum absolute atomic E-state index is 11.5. The summed E-state index contributed by atoms with van der Waals surface area (Å²) in [5.74, 6) is 0.354. The summed E-state index contributed by atoms with van der Waals surface area (Å²) in [6.07, 6.45) is -0.554. The molecule has 0 aromatic carbocycles. The van der Waals surface area contributed by atoms with Crippen LogP contribution in [0.25, 0.3) is 0 Å². The van der Waals surface area contributed by atoms with Crippen molar-refractivity contribution in [2.75, 3.05) is 18.9 Å². The lowest BCUT2D eigenvalue weighted by Gasteiger charge is -2.07. The van der Waals surface area contributed by atoms with Gasteiger partial charge in [-0.05, 0) is 19.1 Å². The topological polar surface area (TPSA) is 74.2 Å². The summed E-state index contributed by atoms with van der Waals surface area (Å²) in [4.78, 5) is 15.6.